The SMILES string of the molecule is COc1ccc(S(=O)(=O)NC(C)C(=O)Nc2ccccc2C)cc1Cl. The Bertz CT molecular complexity index is 884. The average molecular weight is 383 g/mol. The van der Waals surface area contributed by atoms with Gasteiger partial charge in [-0.05, 0) is 43.7 Å². The van der Waals surface area contributed by atoms with Gasteiger partial charge in [0.2, 0.25) is 15.9 Å². The lowest BCUT2D eigenvalue weighted by Crippen LogP contribution is -2.41. The van der Waals surface area contributed by atoms with Crippen LogP contribution in [0.3, 0.4) is 0 Å². The number of carbonyl (C=O) groups excluding carboxylic acids is 1. The van der Waals surface area contributed by atoms with Crippen LogP contribution in [0.25, 0.3) is 0 Å². The summed E-state index contributed by atoms with van der Waals surface area (Å²) in [6, 6.07) is 10.4. The van der Waals surface area contributed by atoms with Gasteiger partial charge in [-0.3, -0.25) is 4.79 Å². The number of hydrogen-bond donors (Lipinski definition) is 2. The van der Waals surface area contributed by atoms with Crippen LogP contribution in [0, 0.1) is 6.92 Å². The Balaban J connectivity index is 2.12. The number of halogens is 1. The lowest BCUT2D eigenvalue weighted by molar-refractivity contribution is -0.117. The van der Waals surface area contributed by atoms with Crippen molar-refractivity contribution in [1.82, 2.24) is 4.72 Å². The second-order valence-corrected chi connectivity index (χ2v) is 7.56. The third kappa shape index (κ3) is 4.72. The van der Waals surface area contributed by atoms with Crippen LogP contribution in [0.15, 0.2) is 47.4 Å². The number of ether oxygens (including phenoxy) is 1. The molecule has 0 saturated heterocycles. The lowest BCUT2D eigenvalue weighted by atomic mass is 10.2. The van der Waals surface area contributed by atoms with Gasteiger partial charge in [-0.25, -0.2) is 8.42 Å². The highest BCUT2D eigenvalue weighted by Gasteiger charge is 2.23. The molecule has 0 fully saturated rings. The zero-order chi connectivity index (χ0) is 18.6. The zero-order valence-corrected chi connectivity index (χ0v) is 15.6. The number of hydrogen-bond acceptors (Lipinski definition) is 4. The molecule has 0 radical (unpaired) electrons. The fraction of sp³-hybridized carbons (Fsp3) is 0.235. The van der Waals surface area contributed by atoms with E-state index in [2.05, 4.69) is 10.0 Å². The number of sulfonamides is 1. The van der Waals surface area contributed by atoms with Crippen molar-refractivity contribution in [2.75, 3.05) is 12.4 Å². The van der Waals surface area contributed by atoms with Gasteiger partial charge in [0.1, 0.15) is 5.75 Å². The molecule has 0 aliphatic carbocycles. The first-order chi connectivity index (χ1) is 11.7. The van der Waals surface area contributed by atoms with Crippen molar-refractivity contribution in [3.63, 3.8) is 0 Å². The quantitative estimate of drug-likeness (QED) is 0.804. The van der Waals surface area contributed by atoms with Gasteiger partial charge in [0.05, 0.1) is 23.1 Å². The van der Waals surface area contributed by atoms with Crippen molar-refractivity contribution in [3.8, 4) is 5.75 Å². The molecule has 1 atom stereocenters. The Morgan fingerprint density at radius 3 is 2.48 bits per heavy atom. The summed E-state index contributed by atoms with van der Waals surface area (Å²) in [6.07, 6.45) is 0. The van der Waals surface area contributed by atoms with Crippen LogP contribution in [0.4, 0.5) is 5.69 Å². The zero-order valence-electron chi connectivity index (χ0n) is 14.0. The largest absolute Gasteiger partial charge is 0.495 e. The normalized spacial score (nSPS) is 12.5. The number of carbonyl (C=O) groups is 1. The van der Waals surface area contributed by atoms with Gasteiger partial charge in [-0.15, -0.1) is 0 Å². The van der Waals surface area contributed by atoms with Crippen LogP contribution >= 0.6 is 11.6 Å². The first-order valence-corrected chi connectivity index (χ1v) is 9.33. The molecule has 134 valence electrons. The Morgan fingerprint density at radius 2 is 1.88 bits per heavy atom. The number of methoxy groups -OCH3 is 1. The molecular weight excluding hydrogens is 364 g/mol. The Morgan fingerprint density at radius 1 is 1.20 bits per heavy atom. The first kappa shape index (κ1) is 19.2. The molecular formula is C17H19ClN2O4S. The van der Waals surface area contributed by atoms with Crippen molar-refractivity contribution < 1.29 is 17.9 Å². The molecule has 2 rings (SSSR count). The van der Waals surface area contributed by atoms with Crippen molar-refractivity contribution in [1.29, 1.82) is 0 Å². The summed E-state index contributed by atoms with van der Waals surface area (Å²) in [7, 11) is -2.47. The first-order valence-electron chi connectivity index (χ1n) is 7.47. The fourth-order valence-corrected chi connectivity index (χ4v) is 3.67. The van der Waals surface area contributed by atoms with Crippen molar-refractivity contribution in [2.45, 2.75) is 24.8 Å². The maximum Gasteiger partial charge on any atom is 0.242 e. The van der Waals surface area contributed by atoms with E-state index in [1.54, 1.807) is 12.1 Å². The predicted octanol–water partition coefficient (Wildman–Crippen LogP) is 2.96. The van der Waals surface area contributed by atoms with Crippen molar-refractivity contribution in [3.05, 3.63) is 53.1 Å². The van der Waals surface area contributed by atoms with Gasteiger partial charge in [-0.2, -0.15) is 4.72 Å². The summed E-state index contributed by atoms with van der Waals surface area (Å²) < 4.78 is 32.2. The van der Waals surface area contributed by atoms with E-state index in [1.807, 2.05) is 19.1 Å². The molecule has 8 heteroatoms. The molecule has 25 heavy (non-hydrogen) atoms. The molecule has 2 aromatic rings. The smallest absolute Gasteiger partial charge is 0.242 e. The average Bonchev–Trinajstić information content (AvgIpc) is 2.56. The minimum Gasteiger partial charge on any atom is -0.495 e. The number of rotatable bonds is 6. The number of nitrogens with one attached hydrogen (secondary N) is 2. The topological polar surface area (TPSA) is 84.5 Å². The van der Waals surface area contributed by atoms with Gasteiger partial charge in [0, 0.05) is 5.69 Å². The highest BCUT2D eigenvalue weighted by atomic mass is 35.5. The minimum atomic E-state index is -3.91. The minimum absolute atomic E-state index is 0.0474. The molecule has 1 amide bonds. The lowest BCUT2D eigenvalue weighted by Gasteiger charge is -2.16. The summed E-state index contributed by atoms with van der Waals surface area (Å²) in [4.78, 5) is 12.2. The van der Waals surface area contributed by atoms with Gasteiger partial charge < -0.3 is 10.1 Å². The second-order valence-electron chi connectivity index (χ2n) is 5.44. The number of amides is 1. The number of benzene rings is 2. The van der Waals surface area contributed by atoms with E-state index in [9.17, 15) is 13.2 Å². The molecule has 0 saturated carbocycles. The van der Waals surface area contributed by atoms with Gasteiger partial charge in [0.15, 0.2) is 0 Å². The van der Waals surface area contributed by atoms with Crippen molar-refractivity contribution in [2.24, 2.45) is 0 Å². The van der Waals surface area contributed by atoms with E-state index in [0.717, 1.165) is 5.56 Å². The third-order valence-electron chi connectivity index (χ3n) is 3.56. The summed E-state index contributed by atoms with van der Waals surface area (Å²) >= 11 is 5.96. The predicted molar refractivity (Wildman–Crippen MR) is 97.6 cm³/mol. The number of anilines is 1. The third-order valence-corrected chi connectivity index (χ3v) is 5.40. The van der Waals surface area contributed by atoms with E-state index in [-0.39, 0.29) is 9.92 Å². The highest BCUT2D eigenvalue weighted by molar-refractivity contribution is 7.89. The van der Waals surface area contributed by atoms with E-state index in [1.165, 1.54) is 32.2 Å². The standard InChI is InChI=1S/C17H19ClN2O4S/c1-11-6-4-5-7-15(11)19-17(21)12(2)20-25(22,23)13-8-9-16(24-3)14(18)10-13/h4-10,12,20H,1-3H3,(H,19,21). The molecule has 2 N–H and O–H groups in total. The van der Waals surface area contributed by atoms with Crippen LogP contribution in [-0.2, 0) is 14.8 Å². The van der Waals surface area contributed by atoms with Gasteiger partial charge in [-0.1, -0.05) is 29.8 Å². The molecule has 0 bridgehead atoms. The molecule has 2 aromatic carbocycles. The monoisotopic (exact) mass is 382 g/mol. The molecule has 0 aliphatic heterocycles. The molecule has 0 heterocycles. The Labute approximate surface area is 152 Å². The molecule has 1 unspecified atom stereocenters. The van der Waals surface area contributed by atoms with Crippen LogP contribution in [0.2, 0.25) is 5.02 Å². The summed E-state index contributed by atoms with van der Waals surface area (Å²) in [6.45, 7) is 3.32. The van der Waals surface area contributed by atoms with Crippen molar-refractivity contribution >= 4 is 33.2 Å². The maximum absolute atomic E-state index is 12.4. The van der Waals surface area contributed by atoms with Gasteiger partial charge >= 0.3 is 0 Å². The van der Waals surface area contributed by atoms with E-state index < -0.39 is 22.0 Å². The van der Waals surface area contributed by atoms with Crippen LogP contribution in [0.5, 0.6) is 5.75 Å². The second kappa shape index (κ2) is 7.86. The van der Waals surface area contributed by atoms with Crippen LogP contribution < -0.4 is 14.8 Å². The van der Waals surface area contributed by atoms with E-state index in [4.69, 9.17) is 16.3 Å². The maximum atomic E-state index is 12.4. The molecule has 0 aliphatic rings. The van der Waals surface area contributed by atoms with Gasteiger partial charge in [0.25, 0.3) is 0 Å². The number of aryl methyl sites for hydroxylation is 1. The Hall–Kier alpha value is -2.09. The molecule has 6 nitrogen and oxygen atoms in total. The Kier molecular flexibility index (Phi) is 6.05. The van der Waals surface area contributed by atoms with E-state index >= 15 is 0 Å². The number of para-hydroxylation sites is 1. The van der Waals surface area contributed by atoms with Crippen LogP contribution in [-0.4, -0.2) is 27.5 Å². The summed E-state index contributed by atoms with van der Waals surface area (Å²) in [5.74, 6) is -0.0940. The van der Waals surface area contributed by atoms with Crippen LogP contribution in [0.1, 0.15) is 12.5 Å². The van der Waals surface area contributed by atoms with E-state index in [0.29, 0.717) is 11.4 Å². The molecule has 0 aromatic heterocycles. The molecule has 0 spiro atoms. The highest BCUT2D eigenvalue weighted by Crippen LogP contribution is 2.27. The fourth-order valence-electron chi connectivity index (χ4n) is 2.12. The summed E-state index contributed by atoms with van der Waals surface area (Å²) in [5, 5.41) is 2.87. The summed E-state index contributed by atoms with van der Waals surface area (Å²) in [5.41, 5.74) is 1.51.